The number of hydrogen-bond acceptors (Lipinski definition) is 4. The Morgan fingerprint density at radius 1 is 1.30 bits per heavy atom. The predicted molar refractivity (Wildman–Crippen MR) is 83.4 cm³/mol. The first kappa shape index (κ1) is 16.5. The van der Waals surface area contributed by atoms with Gasteiger partial charge in [0.1, 0.15) is 17.5 Å². The molecule has 0 radical (unpaired) electrons. The van der Waals surface area contributed by atoms with Crippen LogP contribution in [0.3, 0.4) is 0 Å². The van der Waals surface area contributed by atoms with Crippen LogP contribution in [-0.2, 0) is 4.79 Å². The van der Waals surface area contributed by atoms with E-state index >= 15 is 0 Å². The number of carboxylic acids is 1. The Balaban J connectivity index is 2.08. The molecule has 0 spiro atoms. The number of benzene rings is 1. The second kappa shape index (κ2) is 6.95. The molecule has 2 N–H and O–H groups in total. The summed E-state index contributed by atoms with van der Waals surface area (Å²) < 4.78 is 6.41. The number of hydrogen-bond donors (Lipinski definition) is 2. The number of aliphatic carboxylic acids is 1. The van der Waals surface area contributed by atoms with Crippen LogP contribution < -0.4 is 10.1 Å². The maximum Gasteiger partial charge on any atom is 0.328 e. The number of carboxylic acid groups (broad SMARTS) is 1. The number of carbonyl (C=O) groups excluding carboxylic acids is 1. The van der Waals surface area contributed by atoms with Gasteiger partial charge in [-0.25, -0.2) is 4.79 Å². The molecule has 0 aliphatic carbocycles. The van der Waals surface area contributed by atoms with Crippen LogP contribution in [0.5, 0.6) is 5.75 Å². The van der Waals surface area contributed by atoms with Crippen molar-refractivity contribution in [3.8, 4) is 5.75 Å². The van der Waals surface area contributed by atoms with Crippen LogP contribution in [0.15, 0.2) is 36.5 Å². The van der Waals surface area contributed by atoms with Crippen molar-refractivity contribution >= 4 is 11.9 Å². The molecular weight excluding hydrogens is 298 g/mol. The van der Waals surface area contributed by atoms with Gasteiger partial charge in [0.15, 0.2) is 0 Å². The minimum absolute atomic E-state index is 0.174. The number of nitrogens with one attached hydrogen (secondary N) is 1. The van der Waals surface area contributed by atoms with Gasteiger partial charge in [0.05, 0.1) is 13.2 Å². The van der Waals surface area contributed by atoms with Crippen molar-refractivity contribution in [2.45, 2.75) is 25.9 Å². The molecule has 0 bridgehead atoms. The fourth-order valence-electron chi connectivity index (χ4n) is 2.05. The van der Waals surface area contributed by atoms with Gasteiger partial charge in [0.2, 0.25) is 0 Å². The Kier molecular flexibility index (Phi) is 5.00. The smallest absolute Gasteiger partial charge is 0.328 e. The third-order valence-electron chi connectivity index (χ3n) is 3.54. The maximum absolute atomic E-state index is 12.2. The summed E-state index contributed by atoms with van der Waals surface area (Å²) in [6.07, 6.45) is 1.48. The van der Waals surface area contributed by atoms with E-state index in [0.717, 1.165) is 5.56 Å². The standard InChI is InChI=1S/C16H19N3O4/c1-10(12-5-4-6-13(9-12)23-3)17-15(20)14-7-8-19(18-14)11(2)16(21)22/h4-11H,1-3H3,(H,17,20)(H,21,22). The van der Waals surface area contributed by atoms with Gasteiger partial charge in [0, 0.05) is 6.20 Å². The van der Waals surface area contributed by atoms with Crippen LogP contribution in [0.4, 0.5) is 0 Å². The normalized spacial score (nSPS) is 13.2. The summed E-state index contributed by atoms with van der Waals surface area (Å²) in [5.41, 5.74) is 1.07. The summed E-state index contributed by atoms with van der Waals surface area (Å²) in [5, 5.41) is 15.8. The number of carbonyl (C=O) groups is 2. The lowest BCUT2D eigenvalue weighted by molar-refractivity contribution is -0.140. The van der Waals surface area contributed by atoms with E-state index in [0.29, 0.717) is 5.75 Å². The molecule has 0 saturated carbocycles. The molecule has 2 rings (SSSR count). The highest BCUT2D eigenvalue weighted by molar-refractivity contribution is 5.92. The molecule has 2 atom stereocenters. The molecule has 2 unspecified atom stereocenters. The monoisotopic (exact) mass is 317 g/mol. The van der Waals surface area contributed by atoms with Crippen LogP contribution in [0, 0.1) is 0 Å². The number of amides is 1. The van der Waals surface area contributed by atoms with E-state index in [1.807, 2.05) is 31.2 Å². The lowest BCUT2D eigenvalue weighted by Crippen LogP contribution is -2.27. The first-order chi connectivity index (χ1) is 10.9. The van der Waals surface area contributed by atoms with Gasteiger partial charge in [-0.15, -0.1) is 0 Å². The molecule has 122 valence electrons. The number of ether oxygens (including phenoxy) is 1. The van der Waals surface area contributed by atoms with E-state index in [9.17, 15) is 9.59 Å². The third-order valence-corrected chi connectivity index (χ3v) is 3.54. The molecule has 2 aromatic rings. The van der Waals surface area contributed by atoms with Gasteiger partial charge >= 0.3 is 5.97 Å². The molecular formula is C16H19N3O4. The van der Waals surface area contributed by atoms with Gasteiger partial charge in [-0.2, -0.15) is 5.10 Å². The molecule has 7 nitrogen and oxygen atoms in total. The molecule has 1 heterocycles. The van der Waals surface area contributed by atoms with E-state index in [1.54, 1.807) is 7.11 Å². The first-order valence-electron chi connectivity index (χ1n) is 7.15. The molecule has 0 aliphatic heterocycles. The minimum atomic E-state index is -1.01. The van der Waals surface area contributed by atoms with Crippen molar-refractivity contribution in [1.29, 1.82) is 0 Å². The van der Waals surface area contributed by atoms with Crippen LogP contribution in [-0.4, -0.2) is 33.9 Å². The summed E-state index contributed by atoms with van der Waals surface area (Å²) in [6, 6.07) is 7.83. The van der Waals surface area contributed by atoms with Crippen LogP contribution in [0.1, 0.15) is 42.0 Å². The van der Waals surface area contributed by atoms with Gasteiger partial charge < -0.3 is 15.2 Å². The second-order valence-electron chi connectivity index (χ2n) is 5.17. The summed E-state index contributed by atoms with van der Waals surface area (Å²) in [4.78, 5) is 23.2. The van der Waals surface area contributed by atoms with E-state index in [4.69, 9.17) is 9.84 Å². The Labute approximate surface area is 133 Å². The summed E-state index contributed by atoms with van der Waals surface area (Å²) >= 11 is 0. The molecule has 0 aliphatic rings. The minimum Gasteiger partial charge on any atom is -0.497 e. The zero-order valence-corrected chi connectivity index (χ0v) is 13.2. The first-order valence-corrected chi connectivity index (χ1v) is 7.15. The average Bonchev–Trinajstić information content (AvgIpc) is 3.04. The van der Waals surface area contributed by atoms with Crippen LogP contribution >= 0.6 is 0 Å². The molecule has 23 heavy (non-hydrogen) atoms. The second-order valence-corrected chi connectivity index (χ2v) is 5.17. The predicted octanol–water partition coefficient (Wildman–Crippen LogP) is 2.03. The topological polar surface area (TPSA) is 93.5 Å². The Morgan fingerprint density at radius 2 is 2.04 bits per heavy atom. The highest BCUT2D eigenvalue weighted by Gasteiger charge is 2.18. The molecule has 1 aromatic heterocycles. The molecule has 0 fully saturated rings. The molecule has 7 heteroatoms. The quantitative estimate of drug-likeness (QED) is 0.850. The zero-order chi connectivity index (χ0) is 17.0. The van der Waals surface area contributed by atoms with Crippen LogP contribution in [0.2, 0.25) is 0 Å². The summed E-state index contributed by atoms with van der Waals surface area (Å²) in [5.74, 6) is -0.662. The fraction of sp³-hybridized carbons (Fsp3) is 0.312. The molecule has 1 aromatic carbocycles. The largest absolute Gasteiger partial charge is 0.497 e. The van der Waals surface area contributed by atoms with Crippen molar-refractivity contribution in [3.05, 3.63) is 47.8 Å². The number of methoxy groups -OCH3 is 1. The zero-order valence-electron chi connectivity index (χ0n) is 13.2. The van der Waals surface area contributed by atoms with Gasteiger partial charge in [-0.05, 0) is 37.6 Å². The van der Waals surface area contributed by atoms with Crippen molar-refractivity contribution < 1.29 is 19.4 Å². The molecule has 1 amide bonds. The number of aromatic nitrogens is 2. The van der Waals surface area contributed by atoms with Crippen molar-refractivity contribution in [1.82, 2.24) is 15.1 Å². The highest BCUT2D eigenvalue weighted by Crippen LogP contribution is 2.19. The number of nitrogens with zero attached hydrogens (tertiary/aromatic N) is 2. The Bertz CT molecular complexity index is 711. The van der Waals surface area contributed by atoms with E-state index in [-0.39, 0.29) is 17.6 Å². The van der Waals surface area contributed by atoms with Crippen LogP contribution in [0.25, 0.3) is 0 Å². The van der Waals surface area contributed by atoms with Crippen molar-refractivity contribution in [2.24, 2.45) is 0 Å². The Morgan fingerprint density at radius 3 is 2.70 bits per heavy atom. The number of rotatable bonds is 6. The van der Waals surface area contributed by atoms with E-state index in [2.05, 4.69) is 10.4 Å². The van der Waals surface area contributed by atoms with Gasteiger partial charge in [-0.3, -0.25) is 9.48 Å². The van der Waals surface area contributed by atoms with E-state index in [1.165, 1.54) is 23.9 Å². The third kappa shape index (κ3) is 3.88. The summed E-state index contributed by atoms with van der Waals surface area (Å²) in [6.45, 7) is 3.35. The van der Waals surface area contributed by atoms with Crippen molar-refractivity contribution in [2.75, 3.05) is 7.11 Å². The lowest BCUT2D eigenvalue weighted by atomic mass is 10.1. The van der Waals surface area contributed by atoms with E-state index < -0.39 is 12.0 Å². The fourth-order valence-corrected chi connectivity index (χ4v) is 2.05. The lowest BCUT2D eigenvalue weighted by Gasteiger charge is -2.14. The Hall–Kier alpha value is -2.83. The SMILES string of the molecule is COc1cccc(C(C)NC(=O)c2ccn(C(C)C(=O)O)n2)c1. The maximum atomic E-state index is 12.2. The highest BCUT2D eigenvalue weighted by atomic mass is 16.5. The van der Waals surface area contributed by atoms with Gasteiger partial charge in [-0.1, -0.05) is 12.1 Å². The average molecular weight is 317 g/mol. The van der Waals surface area contributed by atoms with Crippen molar-refractivity contribution in [3.63, 3.8) is 0 Å². The molecule has 0 saturated heterocycles. The summed E-state index contributed by atoms with van der Waals surface area (Å²) in [7, 11) is 1.58. The van der Waals surface area contributed by atoms with Gasteiger partial charge in [0.25, 0.3) is 5.91 Å².